The summed E-state index contributed by atoms with van der Waals surface area (Å²) in [5, 5.41) is 18.9. The topological polar surface area (TPSA) is 95.0 Å². The van der Waals surface area contributed by atoms with Gasteiger partial charge in [-0.25, -0.2) is 4.79 Å². The van der Waals surface area contributed by atoms with Crippen LogP contribution in [0.3, 0.4) is 0 Å². The second-order valence-electron chi connectivity index (χ2n) is 6.23. The maximum Gasteiger partial charge on any atom is 0.407 e. The number of nitrogens with one attached hydrogen (secondary N) is 3. The lowest BCUT2D eigenvalue weighted by Gasteiger charge is -2.20. The first-order valence-electron chi connectivity index (χ1n) is 8.13. The number of ether oxygens (including phenoxy) is 1. The van der Waals surface area contributed by atoms with Crippen LogP contribution in [0.25, 0.3) is 0 Å². The van der Waals surface area contributed by atoms with Gasteiger partial charge in [0.2, 0.25) is 0 Å². The van der Waals surface area contributed by atoms with Crippen LogP contribution in [-0.4, -0.2) is 48.9 Å². The number of carbonyl (C=O) groups is 1. The van der Waals surface area contributed by atoms with E-state index in [0.717, 1.165) is 4.88 Å². The SMILES string of the molecule is CCNC(=NCC(O)c1ccc(Cl)s1)NCCNC(=O)OC(C)(C)C. The molecular formula is C16H27ClN4O3S. The number of aliphatic imine (C=N–C) groups is 1. The summed E-state index contributed by atoms with van der Waals surface area (Å²) in [6, 6.07) is 3.54. The Kier molecular flexibility index (Phi) is 9.02. The van der Waals surface area contributed by atoms with Crippen molar-refractivity contribution in [3.63, 3.8) is 0 Å². The zero-order valence-corrected chi connectivity index (χ0v) is 16.6. The lowest BCUT2D eigenvalue weighted by Crippen LogP contribution is -2.42. The Labute approximate surface area is 157 Å². The summed E-state index contributed by atoms with van der Waals surface area (Å²) >= 11 is 7.20. The molecule has 4 N–H and O–H groups in total. The van der Waals surface area contributed by atoms with E-state index in [1.807, 2.05) is 27.7 Å². The second kappa shape index (κ2) is 10.5. The summed E-state index contributed by atoms with van der Waals surface area (Å²) in [7, 11) is 0. The predicted molar refractivity (Wildman–Crippen MR) is 103 cm³/mol. The highest BCUT2D eigenvalue weighted by atomic mass is 35.5. The quantitative estimate of drug-likeness (QED) is 0.326. The smallest absolute Gasteiger partial charge is 0.407 e. The monoisotopic (exact) mass is 390 g/mol. The number of hydrogen-bond donors (Lipinski definition) is 4. The van der Waals surface area contributed by atoms with Gasteiger partial charge in [0.15, 0.2) is 5.96 Å². The molecule has 1 rings (SSSR count). The standard InChI is InChI=1S/C16H27ClN4O3S/c1-5-18-14(19-8-9-20-15(23)24-16(2,3)4)21-10-11(22)12-6-7-13(17)25-12/h6-7,11,22H,5,8-10H2,1-4H3,(H,20,23)(H2,18,19,21). The van der Waals surface area contributed by atoms with Gasteiger partial charge in [0.05, 0.1) is 10.9 Å². The van der Waals surface area contributed by atoms with Crippen LogP contribution < -0.4 is 16.0 Å². The van der Waals surface area contributed by atoms with Crippen LogP contribution in [0.2, 0.25) is 4.34 Å². The number of nitrogens with zero attached hydrogens (tertiary/aromatic N) is 1. The zero-order valence-electron chi connectivity index (χ0n) is 15.1. The first-order chi connectivity index (χ1) is 11.7. The number of guanidine groups is 1. The highest BCUT2D eigenvalue weighted by molar-refractivity contribution is 7.16. The first-order valence-corrected chi connectivity index (χ1v) is 9.33. The third-order valence-corrected chi connectivity index (χ3v) is 4.11. The molecule has 0 fully saturated rings. The first kappa shape index (κ1) is 21.5. The van der Waals surface area contributed by atoms with Crippen LogP contribution in [0.15, 0.2) is 17.1 Å². The summed E-state index contributed by atoms with van der Waals surface area (Å²) in [6.07, 6.45) is -1.16. The molecule has 142 valence electrons. The van der Waals surface area contributed by atoms with E-state index in [-0.39, 0.29) is 6.54 Å². The van der Waals surface area contributed by atoms with E-state index in [4.69, 9.17) is 16.3 Å². The van der Waals surface area contributed by atoms with Crippen molar-refractivity contribution in [3.05, 3.63) is 21.3 Å². The van der Waals surface area contributed by atoms with Gasteiger partial charge < -0.3 is 25.8 Å². The van der Waals surface area contributed by atoms with Crippen LogP contribution in [0, 0.1) is 0 Å². The molecule has 0 aromatic carbocycles. The Morgan fingerprint density at radius 2 is 2.00 bits per heavy atom. The summed E-state index contributed by atoms with van der Waals surface area (Å²) in [6.45, 7) is 9.16. The van der Waals surface area contributed by atoms with Crippen LogP contribution >= 0.6 is 22.9 Å². The molecule has 0 aliphatic heterocycles. The number of hydrogen-bond acceptors (Lipinski definition) is 5. The van der Waals surface area contributed by atoms with E-state index >= 15 is 0 Å². The molecular weight excluding hydrogens is 364 g/mol. The number of aliphatic hydroxyl groups excluding tert-OH is 1. The van der Waals surface area contributed by atoms with Crippen molar-refractivity contribution < 1.29 is 14.6 Å². The summed E-state index contributed by atoms with van der Waals surface area (Å²) in [4.78, 5) is 16.7. The van der Waals surface area contributed by atoms with Gasteiger partial charge in [-0.2, -0.15) is 0 Å². The normalized spacial score (nSPS) is 13.3. The highest BCUT2D eigenvalue weighted by Gasteiger charge is 2.15. The van der Waals surface area contributed by atoms with E-state index in [1.165, 1.54) is 11.3 Å². The molecule has 0 aliphatic carbocycles. The lowest BCUT2D eigenvalue weighted by atomic mass is 10.2. The molecule has 0 bridgehead atoms. The molecule has 25 heavy (non-hydrogen) atoms. The van der Waals surface area contributed by atoms with Crippen molar-refractivity contribution in [2.75, 3.05) is 26.2 Å². The number of thiophene rings is 1. The average Bonchev–Trinajstić information content (AvgIpc) is 2.93. The maximum absolute atomic E-state index is 11.6. The lowest BCUT2D eigenvalue weighted by molar-refractivity contribution is 0.0529. The van der Waals surface area contributed by atoms with Crippen molar-refractivity contribution in [2.45, 2.75) is 39.4 Å². The van der Waals surface area contributed by atoms with E-state index in [1.54, 1.807) is 12.1 Å². The molecule has 0 spiro atoms. The maximum atomic E-state index is 11.6. The van der Waals surface area contributed by atoms with Crippen LogP contribution in [0.4, 0.5) is 4.79 Å². The molecule has 0 saturated heterocycles. The molecule has 1 heterocycles. The third kappa shape index (κ3) is 9.52. The molecule has 0 radical (unpaired) electrons. The molecule has 7 nitrogen and oxygen atoms in total. The number of halogens is 1. The van der Waals surface area contributed by atoms with Gasteiger partial charge in [0.1, 0.15) is 11.7 Å². The van der Waals surface area contributed by atoms with Crippen molar-refractivity contribution in [1.29, 1.82) is 0 Å². The van der Waals surface area contributed by atoms with Crippen molar-refractivity contribution in [1.82, 2.24) is 16.0 Å². The van der Waals surface area contributed by atoms with Gasteiger partial charge in [-0.15, -0.1) is 11.3 Å². The zero-order chi connectivity index (χ0) is 18.9. The molecule has 9 heteroatoms. The molecule has 1 aromatic heterocycles. The molecule has 1 unspecified atom stereocenters. The van der Waals surface area contributed by atoms with Gasteiger partial charge in [0, 0.05) is 24.5 Å². The van der Waals surface area contributed by atoms with Crippen molar-refractivity contribution >= 4 is 35.0 Å². The van der Waals surface area contributed by atoms with Crippen molar-refractivity contribution in [3.8, 4) is 0 Å². The summed E-state index contributed by atoms with van der Waals surface area (Å²) in [5.41, 5.74) is -0.519. The highest BCUT2D eigenvalue weighted by Crippen LogP contribution is 2.26. The van der Waals surface area contributed by atoms with E-state index < -0.39 is 17.8 Å². The summed E-state index contributed by atoms with van der Waals surface area (Å²) in [5.74, 6) is 0.565. The van der Waals surface area contributed by atoms with Crippen LogP contribution in [0.1, 0.15) is 38.7 Å². The molecule has 1 amide bonds. The number of carbonyl (C=O) groups excluding carboxylic acids is 1. The molecule has 0 aliphatic rings. The fourth-order valence-corrected chi connectivity index (χ4v) is 2.81. The Bertz CT molecular complexity index is 572. The van der Waals surface area contributed by atoms with Crippen LogP contribution in [0.5, 0.6) is 0 Å². The fourth-order valence-electron chi connectivity index (χ4n) is 1.78. The third-order valence-electron chi connectivity index (χ3n) is 2.77. The molecule has 0 saturated carbocycles. The molecule has 1 atom stereocenters. The largest absolute Gasteiger partial charge is 0.444 e. The predicted octanol–water partition coefficient (Wildman–Crippen LogP) is 2.51. The Morgan fingerprint density at radius 1 is 1.32 bits per heavy atom. The van der Waals surface area contributed by atoms with E-state index in [0.29, 0.717) is 29.9 Å². The van der Waals surface area contributed by atoms with Gasteiger partial charge in [-0.05, 0) is 39.8 Å². The Morgan fingerprint density at radius 3 is 2.56 bits per heavy atom. The van der Waals surface area contributed by atoms with Gasteiger partial charge in [0.25, 0.3) is 0 Å². The number of alkyl carbamates (subject to hydrolysis) is 1. The Balaban J connectivity index is 2.39. The minimum Gasteiger partial charge on any atom is -0.444 e. The van der Waals surface area contributed by atoms with Crippen LogP contribution in [-0.2, 0) is 4.74 Å². The molecule has 1 aromatic rings. The fraction of sp³-hybridized carbons (Fsp3) is 0.625. The van der Waals surface area contributed by atoms with E-state index in [2.05, 4.69) is 20.9 Å². The second-order valence-corrected chi connectivity index (χ2v) is 7.98. The minimum atomic E-state index is -0.701. The van der Waals surface area contributed by atoms with E-state index in [9.17, 15) is 9.90 Å². The average molecular weight is 391 g/mol. The number of amides is 1. The van der Waals surface area contributed by atoms with Gasteiger partial charge >= 0.3 is 6.09 Å². The van der Waals surface area contributed by atoms with Gasteiger partial charge in [-0.3, -0.25) is 4.99 Å². The number of aliphatic hydroxyl groups is 1. The minimum absolute atomic E-state index is 0.214. The number of rotatable bonds is 7. The summed E-state index contributed by atoms with van der Waals surface area (Å²) < 4.78 is 5.79. The van der Waals surface area contributed by atoms with Crippen molar-refractivity contribution in [2.24, 2.45) is 4.99 Å². The van der Waals surface area contributed by atoms with Gasteiger partial charge in [-0.1, -0.05) is 11.6 Å². The Hall–Kier alpha value is -1.51.